The van der Waals surface area contributed by atoms with E-state index in [9.17, 15) is 8.42 Å². The molecule has 0 radical (unpaired) electrons. The van der Waals surface area contributed by atoms with Crippen molar-refractivity contribution < 1.29 is 8.42 Å². The fourth-order valence-electron chi connectivity index (χ4n) is 2.32. The van der Waals surface area contributed by atoms with Crippen molar-refractivity contribution in [3.8, 4) is 0 Å². The smallest absolute Gasteiger partial charge is 0.244 e. The van der Waals surface area contributed by atoms with Crippen LogP contribution in [-0.4, -0.2) is 71.0 Å². The van der Waals surface area contributed by atoms with Crippen LogP contribution in [0.2, 0.25) is 0 Å². The number of rotatable bonds is 6. The van der Waals surface area contributed by atoms with E-state index >= 15 is 0 Å². The molecule has 7 heteroatoms. The molecule has 0 saturated carbocycles. The van der Waals surface area contributed by atoms with E-state index in [-0.39, 0.29) is 0 Å². The van der Waals surface area contributed by atoms with Crippen LogP contribution >= 0.6 is 0 Å². The Hall–Kier alpha value is -1.15. The van der Waals surface area contributed by atoms with Crippen LogP contribution in [0.3, 0.4) is 0 Å². The zero-order chi connectivity index (χ0) is 15.3. The molecule has 1 fully saturated rings. The Kier molecular flexibility index (Phi) is 5.58. The van der Waals surface area contributed by atoms with Crippen LogP contribution in [0.25, 0.3) is 0 Å². The molecule has 118 valence electrons. The Morgan fingerprint density at radius 2 is 1.90 bits per heavy atom. The predicted molar refractivity (Wildman–Crippen MR) is 85.1 cm³/mol. The van der Waals surface area contributed by atoms with Gasteiger partial charge in [0.2, 0.25) is 10.0 Å². The highest BCUT2D eigenvalue weighted by atomic mass is 32.2. The first kappa shape index (κ1) is 16.2. The molecule has 0 unspecified atom stereocenters. The molecular formula is C14H24N4O2S. The second kappa shape index (κ2) is 7.22. The molecule has 0 atom stereocenters. The van der Waals surface area contributed by atoms with Crippen molar-refractivity contribution in [3.63, 3.8) is 0 Å². The highest BCUT2D eigenvalue weighted by Crippen LogP contribution is 2.22. The molecule has 1 saturated heterocycles. The third-order valence-electron chi connectivity index (χ3n) is 3.60. The van der Waals surface area contributed by atoms with Crippen molar-refractivity contribution >= 4 is 15.7 Å². The van der Waals surface area contributed by atoms with Crippen LogP contribution < -0.4 is 10.6 Å². The first-order valence-electron chi connectivity index (χ1n) is 7.20. The topological polar surface area (TPSA) is 64.7 Å². The van der Waals surface area contributed by atoms with Crippen molar-refractivity contribution in [2.75, 3.05) is 58.7 Å². The molecule has 1 aliphatic heterocycles. The summed E-state index contributed by atoms with van der Waals surface area (Å²) in [6, 6.07) is 7.05. The van der Waals surface area contributed by atoms with Gasteiger partial charge in [-0.2, -0.15) is 0 Å². The lowest BCUT2D eigenvalue weighted by molar-refractivity contribution is 0.249. The fourth-order valence-corrected chi connectivity index (χ4v) is 3.38. The largest absolute Gasteiger partial charge is 0.383 e. The molecule has 0 aromatic heterocycles. The van der Waals surface area contributed by atoms with Gasteiger partial charge in [0.25, 0.3) is 0 Å². The van der Waals surface area contributed by atoms with Crippen LogP contribution in [-0.2, 0) is 10.0 Å². The summed E-state index contributed by atoms with van der Waals surface area (Å²) in [4.78, 5) is 2.70. The minimum absolute atomic E-state index is 0.329. The lowest BCUT2D eigenvalue weighted by atomic mass is 10.3. The van der Waals surface area contributed by atoms with E-state index in [0.29, 0.717) is 10.6 Å². The third-order valence-corrected chi connectivity index (χ3v) is 5.47. The lowest BCUT2D eigenvalue weighted by Gasteiger charge is -2.27. The van der Waals surface area contributed by atoms with E-state index in [1.807, 2.05) is 12.1 Å². The van der Waals surface area contributed by atoms with Crippen molar-refractivity contribution in [3.05, 3.63) is 24.3 Å². The molecule has 1 aromatic rings. The fraction of sp³-hybridized carbons (Fsp3) is 0.571. The molecule has 1 aliphatic rings. The minimum atomic E-state index is -3.42. The van der Waals surface area contributed by atoms with E-state index in [4.69, 9.17) is 0 Å². The number of benzene rings is 1. The van der Waals surface area contributed by atoms with Gasteiger partial charge in [0.1, 0.15) is 4.90 Å². The summed E-state index contributed by atoms with van der Waals surface area (Å²) < 4.78 is 25.8. The molecule has 1 aromatic carbocycles. The summed E-state index contributed by atoms with van der Waals surface area (Å²) in [7, 11) is -0.319. The lowest BCUT2D eigenvalue weighted by Crippen LogP contribution is -2.45. The summed E-state index contributed by atoms with van der Waals surface area (Å²) in [6.45, 7) is 5.77. The van der Waals surface area contributed by atoms with Gasteiger partial charge in [-0.3, -0.25) is 4.90 Å². The minimum Gasteiger partial charge on any atom is -0.383 e. The average Bonchev–Trinajstić information content (AvgIpc) is 2.48. The van der Waals surface area contributed by atoms with E-state index in [2.05, 4.69) is 15.5 Å². The van der Waals surface area contributed by atoms with Gasteiger partial charge in [-0.1, -0.05) is 12.1 Å². The molecule has 0 spiro atoms. The number of nitrogens with one attached hydrogen (secondary N) is 2. The molecule has 6 nitrogen and oxygen atoms in total. The number of hydrogen-bond donors (Lipinski definition) is 2. The summed E-state index contributed by atoms with van der Waals surface area (Å²) >= 11 is 0. The van der Waals surface area contributed by atoms with Crippen LogP contribution in [0.4, 0.5) is 5.69 Å². The maximum atomic E-state index is 12.3. The van der Waals surface area contributed by atoms with Gasteiger partial charge in [-0.25, -0.2) is 12.7 Å². The van der Waals surface area contributed by atoms with Crippen LogP contribution in [0.15, 0.2) is 29.2 Å². The maximum absolute atomic E-state index is 12.3. The second-order valence-corrected chi connectivity index (χ2v) is 7.42. The molecule has 1 heterocycles. The highest BCUT2D eigenvalue weighted by Gasteiger charge is 2.20. The Morgan fingerprint density at radius 1 is 1.24 bits per heavy atom. The van der Waals surface area contributed by atoms with Gasteiger partial charge in [0.05, 0.1) is 5.69 Å². The molecule has 0 aliphatic carbocycles. The Morgan fingerprint density at radius 3 is 2.57 bits per heavy atom. The van der Waals surface area contributed by atoms with Crippen molar-refractivity contribution in [1.29, 1.82) is 0 Å². The maximum Gasteiger partial charge on any atom is 0.244 e. The van der Waals surface area contributed by atoms with Crippen molar-refractivity contribution in [1.82, 2.24) is 14.5 Å². The van der Waals surface area contributed by atoms with E-state index in [0.717, 1.165) is 39.3 Å². The van der Waals surface area contributed by atoms with E-state index < -0.39 is 10.0 Å². The normalized spacial score (nSPS) is 17.1. The number of sulfonamides is 1. The van der Waals surface area contributed by atoms with Gasteiger partial charge in [-0.05, 0) is 12.1 Å². The Bertz CT molecular complexity index is 554. The molecule has 0 amide bonds. The number of para-hydroxylation sites is 1. The number of nitrogens with zero attached hydrogens (tertiary/aromatic N) is 2. The average molecular weight is 312 g/mol. The summed E-state index contributed by atoms with van der Waals surface area (Å²) in [6.07, 6.45) is 0. The highest BCUT2D eigenvalue weighted by molar-refractivity contribution is 7.89. The zero-order valence-electron chi connectivity index (χ0n) is 12.7. The van der Waals surface area contributed by atoms with Crippen LogP contribution in [0, 0.1) is 0 Å². The monoisotopic (exact) mass is 312 g/mol. The van der Waals surface area contributed by atoms with Gasteiger partial charge in [0, 0.05) is 53.4 Å². The number of hydrogen-bond acceptors (Lipinski definition) is 5. The van der Waals surface area contributed by atoms with Crippen molar-refractivity contribution in [2.45, 2.75) is 4.90 Å². The first-order chi connectivity index (χ1) is 10.0. The molecule has 2 rings (SSSR count). The third kappa shape index (κ3) is 4.16. The molecule has 0 bridgehead atoms. The van der Waals surface area contributed by atoms with Crippen LogP contribution in [0.5, 0.6) is 0 Å². The van der Waals surface area contributed by atoms with Crippen molar-refractivity contribution in [2.24, 2.45) is 0 Å². The van der Waals surface area contributed by atoms with E-state index in [1.165, 1.54) is 4.31 Å². The summed E-state index contributed by atoms with van der Waals surface area (Å²) in [5.41, 5.74) is 0.668. The van der Waals surface area contributed by atoms with Gasteiger partial charge in [0.15, 0.2) is 0 Å². The standard InChI is InChI=1S/C14H24N4O2S/c1-17(2)21(19,20)14-6-4-3-5-13(14)16-9-12-18-10-7-15-8-11-18/h3-6,15-16H,7-12H2,1-2H3. The number of piperazine rings is 1. The second-order valence-electron chi connectivity index (χ2n) is 5.30. The van der Waals surface area contributed by atoms with Crippen LogP contribution in [0.1, 0.15) is 0 Å². The summed E-state index contributed by atoms with van der Waals surface area (Å²) in [5.74, 6) is 0. The SMILES string of the molecule is CN(C)S(=O)(=O)c1ccccc1NCCN1CCNCC1. The Labute approximate surface area is 127 Å². The van der Waals surface area contributed by atoms with Gasteiger partial charge < -0.3 is 10.6 Å². The first-order valence-corrected chi connectivity index (χ1v) is 8.64. The predicted octanol–water partition coefficient (Wildman–Crippen LogP) is 0.254. The van der Waals surface area contributed by atoms with Gasteiger partial charge in [-0.15, -0.1) is 0 Å². The zero-order valence-corrected chi connectivity index (χ0v) is 13.5. The number of anilines is 1. The summed E-state index contributed by atoms with van der Waals surface area (Å²) in [5, 5.41) is 6.57. The van der Waals surface area contributed by atoms with E-state index in [1.54, 1.807) is 26.2 Å². The Balaban J connectivity index is 2.00. The molecule has 21 heavy (non-hydrogen) atoms. The quantitative estimate of drug-likeness (QED) is 0.788. The van der Waals surface area contributed by atoms with Gasteiger partial charge >= 0.3 is 0 Å². The molecular weight excluding hydrogens is 288 g/mol. The molecule has 2 N–H and O–H groups in total.